The standard InChI is InChI=1S/C10H18O/c1-4-7-9(6-3)10(11)8-5-2/h5,8-9H,4,6-7H2,1-3H3/b8-5+. The van der Waals surface area contributed by atoms with E-state index in [1.165, 1.54) is 0 Å². The van der Waals surface area contributed by atoms with Crippen molar-refractivity contribution in [3.63, 3.8) is 0 Å². The van der Waals surface area contributed by atoms with Gasteiger partial charge in [0, 0.05) is 5.92 Å². The molecule has 1 unspecified atom stereocenters. The average molecular weight is 154 g/mol. The second-order valence-corrected chi connectivity index (χ2v) is 2.80. The van der Waals surface area contributed by atoms with Gasteiger partial charge in [0.05, 0.1) is 0 Å². The molecule has 0 N–H and O–H groups in total. The highest BCUT2D eigenvalue weighted by Crippen LogP contribution is 2.12. The first-order chi connectivity index (χ1) is 5.26. The number of carbonyl (C=O) groups excluding carboxylic acids is 1. The summed E-state index contributed by atoms with van der Waals surface area (Å²) in [5.74, 6) is 0.549. The van der Waals surface area contributed by atoms with E-state index in [4.69, 9.17) is 0 Å². The summed E-state index contributed by atoms with van der Waals surface area (Å²) in [6, 6.07) is 0. The predicted octanol–water partition coefficient (Wildman–Crippen LogP) is 2.96. The molecule has 0 aliphatic carbocycles. The molecule has 1 atom stereocenters. The number of hydrogen-bond donors (Lipinski definition) is 0. The molecule has 0 radical (unpaired) electrons. The highest BCUT2D eigenvalue weighted by molar-refractivity contribution is 5.91. The van der Waals surface area contributed by atoms with Crippen molar-refractivity contribution < 1.29 is 4.79 Å². The van der Waals surface area contributed by atoms with Crippen LogP contribution in [0.3, 0.4) is 0 Å². The number of hydrogen-bond acceptors (Lipinski definition) is 1. The molecule has 0 aromatic heterocycles. The van der Waals surface area contributed by atoms with Gasteiger partial charge in [-0.05, 0) is 25.8 Å². The highest BCUT2D eigenvalue weighted by Gasteiger charge is 2.11. The molecule has 0 aliphatic rings. The Hall–Kier alpha value is -0.590. The second kappa shape index (κ2) is 6.14. The fourth-order valence-electron chi connectivity index (χ4n) is 1.20. The Balaban J connectivity index is 3.91. The summed E-state index contributed by atoms with van der Waals surface area (Å²) in [4.78, 5) is 11.3. The average Bonchev–Trinajstić information content (AvgIpc) is 2.00. The minimum Gasteiger partial charge on any atom is -0.295 e. The molecule has 64 valence electrons. The van der Waals surface area contributed by atoms with E-state index in [1.807, 2.05) is 13.0 Å². The molecule has 0 bridgehead atoms. The SMILES string of the molecule is C/C=C/C(=O)C(CC)CCC. The van der Waals surface area contributed by atoms with Gasteiger partial charge in [-0.3, -0.25) is 4.79 Å². The second-order valence-electron chi connectivity index (χ2n) is 2.80. The third-order valence-corrected chi connectivity index (χ3v) is 1.86. The first-order valence-electron chi connectivity index (χ1n) is 4.42. The fraction of sp³-hybridized carbons (Fsp3) is 0.700. The Labute approximate surface area is 69.5 Å². The van der Waals surface area contributed by atoms with Crippen LogP contribution in [0, 0.1) is 5.92 Å². The summed E-state index contributed by atoms with van der Waals surface area (Å²) in [5.41, 5.74) is 0. The van der Waals surface area contributed by atoms with Crippen LogP contribution in [0.25, 0.3) is 0 Å². The number of carbonyl (C=O) groups is 1. The fourth-order valence-corrected chi connectivity index (χ4v) is 1.20. The maximum atomic E-state index is 11.3. The van der Waals surface area contributed by atoms with Gasteiger partial charge < -0.3 is 0 Å². The summed E-state index contributed by atoms with van der Waals surface area (Å²) >= 11 is 0. The Morgan fingerprint density at radius 1 is 1.45 bits per heavy atom. The van der Waals surface area contributed by atoms with E-state index in [-0.39, 0.29) is 11.7 Å². The zero-order valence-corrected chi connectivity index (χ0v) is 7.76. The number of allylic oxidation sites excluding steroid dienone is 2. The molecular formula is C10H18O. The molecule has 1 nitrogen and oxygen atoms in total. The molecule has 0 saturated heterocycles. The van der Waals surface area contributed by atoms with Crippen molar-refractivity contribution in [1.82, 2.24) is 0 Å². The Bertz CT molecular complexity index is 136. The minimum atomic E-state index is 0.260. The third-order valence-electron chi connectivity index (χ3n) is 1.86. The Kier molecular flexibility index (Phi) is 5.81. The van der Waals surface area contributed by atoms with E-state index in [0.29, 0.717) is 0 Å². The molecule has 0 aliphatic heterocycles. The van der Waals surface area contributed by atoms with Gasteiger partial charge in [-0.1, -0.05) is 26.3 Å². The predicted molar refractivity (Wildman–Crippen MR) is 48.5 cm³/mol. The van der Waals surface area contributed by atoms with Crippen LogP contribution < -0.4 is 0 Å². The van der Waals surface area contributed by atoms with E-state index in [1.54, 1.807) is 6.08 Å². The topological polar surface area (TPSA) is 17.1 Å². The Morgan fingerprint density at radius 2 is 2.09 bits per heavy atom. The molecule has 0 spiro atoms. The largest absolute Gasteiger partial charge is 0.295 e. The first-order valence-corrected chi connectivity index (χ1v) is 4.42. The minimum absolute atomic E-state index is 0.260. The quantitative estimate of drug-likeness (QED) is 0.556. The Morgan fingerprint density at radius 3 is 2.45 bits per heavy atom. The lowest BCUT2D eigenvalue weighted by Crippen LogP contribution is -2.10. The van der Waals surface area contributed by atoms with Crippen molar-refractivity contribution in [2.45, 2.75) is 40.0 Å². The van der Waals surface area contributed by atoms with Crippen LogP contribution in [0.1, 0.15) is 40.0 Å². The van der Waals surface area contributed by atoms with Gasteiger partial charge in [0.25, 0.3) is 0 Å². The van der Waals surface area contributed by atoms with Crippen LogP contribution >= 0.6 is 0 Å². The molecule has 0 fully saturated rings. The summed E-state index contributed by atoms with van der Waals surface area (Å²) in [6.07, 6.45) is 6.60. The lowest BCUT2D eigenvalue weighted by molar-refractivity contribution is -0.118. The van der Waals surface area contributed by atoms with Gasteiger partial charge in [0.15, 0.2) is 5.78 Å². The summed E-state index contributed by atoms with van der Waals surface area (Å²) in [5, 5.41) is 0. The summed E-state index contributed by atoms with van der Waals surface area (Å²) in [7, 11) is 0. The lowest BCUT2D eigenvalue weighted by atomic mass is 9.96. The third kappa shape index (κ3) is 3.97. The van der Waals surface area contributed by atoms with Gasteiger partial charge >= 0.3 is 0 Å². The normalized spacial score (nSPS) is 13.7. The van der Waals surface area contributed by atoms with Crippen LogP contribution in [0.15, 0.2) is 12.2 Å². The van der Waals surface area contributed by atoms with E-state index in [9.17, 15) is 4.79 Å². The van der Waals surface area contributed by atoms with Crippen molar-refractivity contribution >= 4 is 5.78 Å². The van der Waals surface area contributed by atoms with Crippen molar-refractivity contribution in [3.05, 3.63) is 12.2 Å². The molecule has 0 aromatic carbocycles. The molecule has 0 rings (SSSR count). The van der Waals surface area contributed by atoms with E-state index in [0.717, 1.165) is 19.3 Å². The molecule has 11 heavy (non-hydrogen) atoms. The van der Waals surface area contributed by atoms with Crippen LogP contribution in [0.2, 0.25) is 0 Å². The molecule has 0 heterocycles. The van der Waals surface area contributed by atoms with Gasteiger partial charge in [-0.2, -0.15) is 0 Å². The highest BCUT2D eigenvalue weighted by atomic mass is 16.1. The van der Waals surface area contributed by atoms with Gasteiger partial charge in [0.2, 0.25) is 0 Å². The summed E-state index contributed by atoms with van der Waals surface area (Å²) in [6.45, 7) is 6.07. The van der Waals surface area contributed by atoms with Crippen LogP contribution in [-0.2, 0) is 4.79 Å². The van der Waals surface area contributed by atoms with E-state index < -0.39 is 0 Å². The maximum Gasteiger partial charge on any atom is 0.158 e. The lowest BCUT2D eigenvalue weighted by Gasteiger charge is -2.08. The maximum absolute atomic E-state index is 11.3. The smallest absolute Gasteiger partial charge is 0.158 e. The molecular weight excluding hydrogens is 136 g/mol. The van der Waals surface area contributed by atoms with Crippen molar-refractivity contribution in [2.24, 2.45) is 5.92 Å². The van der Waals surface area contributed by atoms with E-state index in [2.05, 4.69) is 13.8 Å². The molecule has 1 heteroatoms. The van der Waals surface area contributed by atoms with Crippen LogP contribution in [0.5, 0.6) is 0 Å². The van der Waals surface area contributed by atoms with Gasteiger partial charge in [-0.25, -0.2) is 0 Å². The van der Waals surface area contributed by atoms with E-state index >= 15 is 0 Å². The van der Waals surface area contributed by atoms with Gasteiger partial charge in [0.1, 0.15) is 0 Å². The first kappa shape index (κ1) is 10.4. The summed E-state index contributed by atoms with van der Waals surface area (Å²) < 4.78 is 0. The zero-order chi connectivity index (χ0) is 8.69. The number of ketones is 1. The van der Waals surface area contributed by atoms with Gasteiger partial charge in [-0.15, -0.1) is 0 Å². The van der Waals surface area contributed by atoms with Crippen LogP contribution in [-0.4, -0.2) is 5.78 Å². The molecule has 0 amide bonds. The number of rotatable bonds is 5. The molecule has 0 saturated carbocycles. The monoisotopic (exact) mass is 154 g/mol. The molecule has 0 aromatic rings. The van der Waals surface area contributed by atoms with Crippen molar-refractivity contribution in [1.29, 1.82) is 0 Å². The van der Waals surface area contributed by atoms with Crippen LogP contribution in [0.4, 0.5) is 0 Å². The van der Waals surface area contributed by atoms with Crippen molar-refractivity contribution in [2.75, 3.05) is 0 Å². The zero-order valence-electron chi connectivity index (χ0n) is 7.76. The van der Waals surface area contributed by atoms with Crippen molar-refractivity contribution in [3.8, 4) is 0 Å².